The fraction of sp³-hybridized carbons (Fsp3) is 0. The molecule has 0 aliphatic rings. The normalized spacial score (nSPS) is 11.5. The highest BCUT2D eigenvalue weighted by atomic mass is 15.1. The molecule has 3 aromatic heterocycles. The fourth-order valence-corrected chi connectivity index (χ4v) is 15.9. The molecular weight excluding hydrogens is 1250 g/mol. The highest BCUT2D eigenvalue weighted by molar-refractivity contribution is 6.20. The molecular formula is C98H61N5. The van der Waals surface area contributed by atoms with Crippen molar-refractivity contribution in [2.75, 3.05) is 0 Å². The third kappa shape index (κ3) is 10.2. The van der Waals surface area contributed by atoms with Gasteiger partial charge in [0, 0.05) is 49.0 Å². The van der Waals surface area contributed by atoms with Gasteiger partial charge in [-0.3, -0.25) is 0 Å². The first-order valence-electron chi connectivity index (χ1n) is 34.9. The molecule has 478 valence electrons. The zero-order valence-corrected chi connectivity index (χ0v) is 56.0. The van der Waals surface area contributed by atoms with Crippen molar-refractivity contribution in [1.29, 1.82) is 10.5 Å². The second-order valence-corrected chi connectivity index (χ2v) is 26.5. The lowest BCUT2D eigenvalue weighted by Crippen LogP contribution is -2.13. The summed E-state index contributed by atoms with van der Waals surface area (Å²) in [7, 11) is 0. The van der Waals surface area contributed by atoms with E-state index in [2.05, 4.69) is 372 Å². The van der Waals surface area contributed by atoms with Gasteiger partial charge in [0.15, 0.2) is 0 Å². The molecule has 0 spiro atoms. The Morgan fingerprint density at radius 2 is 0.330 bits per heavy atom. The van der Waals surface area contributed by atoms with Crippen LogP contribution in [0, 0.1) is 22.7 Å². The van der Waals surface area contributed by atoms with Gasteiger partial charge >= 0.3 is 0 Å². The van der Waals surface area contributed by atoms with Gasteiger partial charge in [0.05, 0.1) is 73.4 Å². The molecule has 103 heavy (non-hydrogen) atoms. The molecule has 3 heterocycles. The maximum Gasteiger partial charge on any atom is 0.0991 e. The lowest BCUT2D eigenvalue weighted by atomic mass is 9.85. The third-order valence-electron chi connectivity index (χ3n) is 20.7. The number of nitrogens with zero attached hydrogens (tertiary/aromatic N) is 5. The molecule has 0 unspecified atom stereocenters. The van der Waals surface area contributed by atoms with E-state index in [0.717, 1.165) is 183 Å². The van der Waals surface area contributed by atoms with Crippen LogP contribution in [0.5, 0.6) is 0 Å². The van der Waals surface area contributed by atoms with Gasteiger partial charge in [0.1, 0.15) is 0 Å². The van der Waals surface area contributed by atoms with E-state index in [1.807, 2.05) is 24.3 Å². The molecule has 0 N–H and O–H groups in total. The van der Waals surface area contributed by atoms with Crippen molar-refractivity contribution in [2.24, 2.45) is 0 Å². The van der Waals surface area contributed by atoms with Crippen LogP contribution in [0.3, 0.4) is 0 Å². The van der Waals surface area contributed by atoms with Gasteiger partial charge in [-0.25, -0.2) is 0 Å². The quantitative estimate of drug-likeness (QED) is 0.122. The van der Waals surface area contributed by atoms with Crippen molar-refractivity contribution < 1.29 is 0 Å². The highest BCUT2D eigenvalue weighted by Crippen LogP contribution is 2.56. The zero-order valence-electron chi connectivity index (χ0n) is 56.0. The average molecular weight is 1310 g/mol. The first-order valence-corrected chi connectivity index (χ1v) is 34.9. The van der Waals surface area contributed by atoms with Crippen LogP contribution < -0.4 is 0 Å². The number of nitriles is 2. The Balaban J connectivity index is 1.09. The molecule has 0 aliphatic heterocycles. The van der Waals surface area contributed by atoms with Crippen molar-refractivity contribution in [3.8, 4) is 129 Å². The van der Waals surface area contributed by atoms with E-state index in [0.29, 0.717) is 11.1 Å². The smallest absolute Gasteiger partial charge is 0.0991 e. The molecule has 0 fully saturated rings. The molecule has 0 aliphatic carbocycles. The minimum atomic E-state index is 0.548. The lowest BCUT2D eigenvalue weighted by molar-refractivity contribution is 1.10. The maximum absolute atomic E-state index is 10.8. The van der Waals surface area contributed by atoms with Crippen molar-refractivity contribution in [3.63, 3.8) is 0 Å². The van der Waals surface area contributed by atoms with E-state index < -0.39 is 0 Å². The van der Waals surface area contributed by atoms with Crippen molar-refractivity contribution in [2.45, 2.75) is 0 Å². The third-order valence-corrected chi connectivity index (χ3v) is 20.7. The number of hydrogen-bond acceptors (Lipinski definition) is 2. The molecule has 19 rings (SSSR count). The van der Waals surface area contributed by atoms with Crippen LogP contribution in [0.4, 0.5) is 0 Å². The van der Waals surface area contributed by atoms with E-state index in [4.69, 9.17) is 0 Å². The van der Waals surface area contributed by atoms with E-state index in [1.54, 1.807) is 0 Å². The van der Waals surface area contributed by atoms with Gasteiger partial charge in [0.2, 0.25) is 0 Å². The minimum absolute atomic E-state index is 0.548. The predicted octanol–water partition coefficient (Wildman–Crippen LogP) is 25.7. The van der Waals surface area contributed by atoms with Gasteiger partial charge < -0.3 is 13.7 Å². The van der Waals surface area contributed by atoms with Crippen LogP contribution in [-0.2, 0) is 0 Å². The fourth-order valence-electron chi connectivity index (χ4n) is 15.9. The highest BCUT2D eigenvalue weighted by Gasteiger charge is 2.35. The van der Waals surface area contributed by atoms with Gasteiger partial charge in [-0.2, -0.15) is 10.5 Å². The van der Waals surface area contributed by atoms with Crippen molar-refractivity contribution >= 4 is 65.4 Å². The standard InChI is InChI=1S/C98H61N5/c99-62-64-36-40-73(41-37-64)94-96(101-87-50-44-75(66-22-8-1-9-23-66)56-81(87)82-57-76(45-51-88(82)101)67-24-10-2-11-25-67)93(72-34-20-7-21-35-72)97(102-89-52-46-77(68-26-12-3-13-27-68)58-83(89)84-59-78(47-53-90(84)102)69-28-14-4-15-29-69)95(74-42-38-65(63-100)39-43-74)98(94)103-91-54-48-79(70-30-16-5-17-31-70)60-85(91)86-61-80(49-55-92(86)103)71-32-18-6-19-33-71/h1-61H. The summed E-state index contributed by atoms with van der Waals surface area (Å²) in [6, 6.07) is 139. The average Bonchev–Trinajstić information content (AvgIpc) is 1.58. The van der Waals surface area contributed by atoms with Crippen molar-refractivity contribution in [1.82, 2.24) is 13.7 Å². The number of aromatic nitrogens is 3. The van der Waals surface area contributed by atoms with Crippen LogP contribution >= 0.6 is 0 Å². The summed E-state index contributed by atoms with van der Waals surface area (Å²) in [5, 5.41) is 28.2. The number of rotatable bonds is 12. The molecule has 0 atom stereocenters. The number of benzene rings is 16. The molecule has 5 heteroatoms. The lowest BCUT2D eigenvalue weighted by Gasteiger charge is -2.31. The molecule has 5 nitrogen and oxygen atoms in total. The first kappa shape index (κ1) is 60.1. The van der Waals surface area contributed by atoms with Crippen LogP contribution in [0.15, 0.2) is 370 Å². The van der Waals surface area contributed by atoms with Crippen LogP contribution in [0.1, 0.15) is 11.1 Å². The Morgan fingerprint density at radius 1 is 0.165 bits per heavy atom. The Hall–Kier alpha value is -14.1. The SMILES string of the molecule is N#Cc1ccc(-c2c(-n3c4ccc(-c5ccccc5)cc4c4cc(-c5ccccc5)ccc43)c(-c3ccccc3)c(-n3c4ccc(-c5ccccc5)cc4c4cc(-c5ccccc5)ccc43)c(-c3ccc(C#N)cc3)c2-n2c3ccc(-c4ccccc4)cc3c3cc(-c4ccccc4)ccc32)cc1. The predicted molar refractivity (Wildman–Crippen MR) is 428 cm³/mol. The Morgan fingerprint density at radius 3 is 0.515 bits per heavy atom. The summed E-state index contributed by atoms with van der Waals surface area (Å²) < 4.78 is 7.66. The molecule has 16 aromatic carbocycles. The monoisotopic (exact) mass is 1310 g/mol. The van der Waals surface area contributed by atoms with Crippen molar-refractivity contribution in [3.05, 3.63) is 381 Å². The summed E-state index contributed by atoms with van der Waals surface area (Å²) in [4.78, 5) is 0. The van der Waals surface area contributed by atoms with Crippen LogP contribution in [0.2, 0.25) is 0 Å². The number of hydrogen-bond donors (Lipinski definition) is 0. The van der Waals surface area contributed by atoms with Crippen LogP contribution in [-0.4, -0.2) is 13.7 Å². The minimum Gasteiger partial charge on any atom is -0.308 e. The molecule has 0 radical (unpaired) electrons. The largest absolute Gasteiger partial charge is 0.308 e. The Kier molecular flexibility index (Phi) is 14.6. The molecule has 0 saturated carbocycles. The van der Waals surface area contributed by atoms with Gasteiger partial charge in [-0.15, -0.1) is 0 Å². The molecule has 0 amide bonds. The van der Waals surface area contributed by atoms with E-state index >= 15 is 0 Å². The maximum atomic E-state index is 10.8. The Labute approximate surface area is 596 Å². The second-order valence-electron chi connectivity index (χ2n) is 26.5. The van der Waals surface area contributed by atoms with Crippen LogP contribution in [0.25, 0.3) is 183 Å². The van der Waals surface area contributed by atoms with Gasteiger partial charge in [-0.1, -0.05) is 273 Å². The first-order chi connectivity index (χ1) is 51.0. The number of fused-ring (bicyclic) bond motifs is 9. The van der Waals surface area contributed by atoms with E-state index in [9.17, 15) is 10.5 Å². The summed E-state index contributed by atoms with van der Waals surface area (Å²) in [6.07, 6.45) is 0. The summed E-state index contributed by atoms with van der Waals surface area (Å²) in [5.41, 5.74) is 28.9. The molecule has 0 bridgehead atoms. The van der Waals surface area contributed by atoms with E-state index in [-0.39, 0.29) is 0 Å². The van der Waals surface area contributed by atoms with Gasteiger partial charge in [0.25, 0.3) is 0 Å². The molecule has 0 saturated heterocycles. The Bertz CT molecular complexity index is 6030. The van der Waals surface area contributed by atoms with Gasteiger partial charge in [-0.05, 0) is 181 Å². The summed E-state index contributed by atoms with van der Waals surface area (Å²) in [6.45, 7) is 0. The molecule has 19 aromatic rings. The summed E-state index contributed by atoms with van der Waals surface area (Å²) >= 11 is 0. The second kappa shape index (κ2) is 25.0. The zero-order chi connectivity index (χ0) is 68.5. The van der Waals surface area contributed by atoms with E-state index in [1.165, 1.54) is 0 Å². The topological polar surface area (TPSA) is 62.4 Å². The summed E-state index contributed by atoms with van der Waals surface area (Å²) in [5.74, 6) is 0.